The highest BCUT2D eigenvalue weighted by atomic mass is 32.1. The number of thiol groups is 1. The number of aryl methyl sites for hydroxylation is 1. The fourth-order valence-corrected chi connectivity index (χ4v) is 3.24. The summed E-state index contributed by atoms with van der Waals surface area (Å²) in [6.45, 7) is 0.739. The van der Waals surface area contributed by atoms with Gasteiger partial charge in [-0.1, -0.05) is 50.2 Å². The van der Waals surface area contributed by atoms with Crippen molar-refractivity contribution in [2.45, 2.75) is 64.3 Å². The first kappa shape index (κ1) is 22.1. The first-order chi connectivity index (χ1) is 13.6. The van der Waals surface area contributed by atoms with E-state index in [0.717, 1.165) is 25.1 Å². The number of carbonyl (C=O) groups excluding carboxylic acids is 1. The van der Waals surface area contributed by atoms with Crippen molar-refractivity contribution in [3.8, 4) is 0 Å². The molecule has 0 fully saturated rings. The fraction of sp³-hybridized carbons (Fsp3) is 0.550. The zero-order valence-corrected chi connectivity index (χ0v) is 17.0. The maximum atomic E-state index is 12.4. The van der Waals surface area contributed by atoms with Gasteiger partial charge in [-0.3, -0.25) is 19.6 Å². The number of carbonyl (C=O) groups is 1. The number of ketones is 1. The Morgan fingerprint density at radius 3 is 2.11 bits per heavy atom. The monoisotopic (exact) mass is 404 g/mol. The molecule has 0 amide bonds. The van der Waals surface area contributed by atoms with Crippen molar-refractivity contribution in [2.75, 3.05) is 5.75 Å². The van der Waals surface area contributed by atoms with Gasteiger partial charge in [0.25, 0.3) is 5.69 Å². The van der Waals surface area contributed by atoms with Gasteiger partial charge in [0.2, 0.25) is 5.78 Å². The Morgan fingerprint density at radius 2 is 1.54 bits per heavy atom. The summed E-state index contributed by atoms with van der Waals surface area (Å²) in [5.74, 6) is 0.711. The highest BCUT2D eigenvalue weighted by Crippen LogP contribution is 2.15. The summed E-state index contributed by atoms with van der Waals surface area (Å²) in [7, 11) is 0. The molecule has 7 nitrogen and oxygen atoms in total. The summed E-state index contributed by atoms with van der Waals surface area (Å²) in [4.78, 5) is 22.6. The van der Waals surface area contributed by atoms with Crippen LogP contribution in [-0.2, 0) is 6.54 Å². The second-order valence-corrected chi connectivity index (χ2v) is 7.35. The zero-order valence-electron chi connectivity index (χ0n) is 16.1. The SMILES string of the molecule is O=C(c1ccc([N+](=O)[O-])cc1)c1cn(CCCCCCCCCCCS)nn1. The summed E-state index contributed by atoms with van der Waals surface area (Å²) in [6.07, 6.45) is 12.7. The van der Waals surface area contributed by atoms with Gasteiger partial charge in [0.15, 0.2) is 5.69 Å². The van der Waals surface area contributed by atoms with E-state index in [-0.39, 0.29) is 17.2 Å². The normalized spacial score (nSPS) is 10.9. The van der Waals surface area contributed by atoms with Crippen LogP contribution in [0.4, 0.5) is 5.69 Å². The van der Waals surface area contributed by atoms with E-state index in [1.165, 1.54) is 69.2 Å². The Labute approximate surface area is 171 Å². The third kappa shape index (κ3) is 7.42. The molecule has 0 N–H and O–H groups in total. The Hall–Kier alpha value is -2.22. The quantitative estimate of drug-likeness (QED) is 0.160. The Morgan fingerprint density at radius 1 is 0.964 bits per heavy atom. The van der Waals surface area contributed by atoms with Crippen LogP contribution in [0.2, 0.25) is 0 Å². The number of unbranched alkanes of at least 4 members (excludes halogenated alkanes) is 8. The molecule has 1 aromatic carbocycles. The molecule has 28 heavy (non-hydrogen) atoms. The van der Waals surface area contributed by atoms with Gasteiger partial charge < -0.3 is 0 Å². The number of hydrogen-bond donors (Lipinski definition) is 1. The zero-order chi connectivity index (χ0) is 20.2. The predicted octanol–water partition coefficient (Wildman–Crippen LogP) is 4.86. The molecule has 0 radical (unpaired) electrons. The van der Waals surface area contributed by atoms with E-state index in [2.05, 4.69) is 22.9 Å². The van der Waals surface area contributed by atoms with Crippen molar-refractivity contribution in [1.82, 2.24) is 15.0 Å². The van der Waals surface area contributed by atoms with Crippen LogP contribution in [-0.4, -0.2) is 31.5 Å². The number of nitrogens with zero attached hydrogens (tertiary/aromatic N) is 4. The number of nitro benzene ring substituents is 1. The average molecular weight is 405 g/mol. The molecule has 2 aromatic rings. The van der Waals surface area contributed by atoms with Gasteiger partial charge in [0.05, 0.1) is 11.1 Å². The van der Waals surface area contributed by atoms with Crippen molar-refractivity contribution in [2.24, 2.45) is 0 Å². The van der Waals surface area contributed by atoms with Gasteiger partial charge in [-0.2, -0.15) is 12.6 Å². The molecule has 0 saturated heterocycles. The fourth-order valence-electron chi connectivity index (χ4n) is 3.02. The molecular weight excluding hydrogens is 376 g/mol. The first-order valence-corrected chi connectivity index (χ1v) is 10.5. The highest BCUT2D eigenvalue weighted by Gasteiger charge is 2.15. The number of rotatable bonds is 14. The maximum absolute atomic E-state index is 12.4. The average Bonchev–Trinajstić information content (AvgIpc) is 3.18. The largest absolute Gasteiger partial charge is 0.287 e. The Balaban J connectivity index is 1.66. The molecule has 8 heteroatoms. The van der Waals surface area contributed by atoms with Crippen molar-refractivity contribution < 1.29 is 9.72 Å². The Bertz CT molecular complexity index is 746. The minimum Gasteiger partial charge on any atom is -0.287 e. The third-order valence-corrected chi connectivity index (χ3v) is 4.97. The maximum Gasteiger partial charge on any atom is 0.269 e. The predicted molar refractivity (Wildman–Crippen MR) is 112 cm³/mol. The van der Waals surface area contributed by atoms with Crippen molar-refractivity contribution in [1.29, 1.82) is 0 Å². The molecule has 0 bridgehead atoms. The lowest BCUT2D eigenvalue weighted by Crippen LogP contribution is -2.02. The minimum absolute atomic E-state index is 0.0436. The van der Waals surface area contributed by atoms with Gasteiger partial charge in [-0.15, -0.1) is 5.10 Å². The lowest BCUT2D eigenvalue weighted by Gasteiger charge is -2.02. The minimum atomic E-state index is -0.492. The smallest absolute Gasteiger partial charge is 0.269 e. The number of non-ortho nitro benzene ring substituents is 1. The molecule has 1 aromatic heterocycles. The van der Waals surface area contributed by atoms with Crippen molar-refractivity contribution >= 4 is 24.1 Å². The van der Waals surface area contributed by atoms with Gasteiger partial charge in [-0.25, -0.2) is 0 Å². The number of benzene rings is 1. The molecule has 0 aliphatic carbocycles. The van der Waals surface area contributed by atoms with Crippen LogP contribution < -0.4 is 0 Å². The molecule has 0 spiro atoms. The third-order valence-electron chi connectivity index (χ3n) is 4.66. The Kier molecular flexibility index (Phi) is 9.68. The second kappa shape index (κ2) is 12.3. The van der Waals surface area contributed by atoms with Gasteiger partial charge in [0.1, 0.15) is 0 Å². The summed E-state index contributed by atoms with van der Waals surface area (Å²) in [6, 6.07) is 5.52. The molecule has 0 aliphatic heterocycles. The molecule has 152 valence electrons. The van der Waals surface area contributed by atoms with Crippen LogP contribution in [0.1, 0.15) is 73.8 Å². The van der Waals surface area contributed by atoms with E-state index in [0.29, 0.717) is 5.56 Å². The molecule has 2 rings (SSSR count). The molecule has 0 saturated carbocycles. The topological polar surface area (TPSA) is 90.9 Å². The molecule has 0 atom stereocenters. The lowest BCUT2D eigenvalue weighted by molar-refractivity contribution is -0.384. The lowest BCUT2D eigenvalue weighted by atomic mass is 10.1. The van der Waals surface area contributed by atoms with Crippen molar-refractivity contribution in [3.63, 3.8) is 0 Å². The number of hydrogen-bond acceptors (Lipinski definition) is 6. The summed E-state index contributed by atoms with van der Waals surface area (Å²) >= 11 is 4.22. The highest BCUT2D eigenvalue weighted by molar-refractivity contribution is 7.80. The number of nitro groups is 1. The summed E-state index contributed by atoms with van der Waals surface area (Å²) in [5, 5.41) is 18.6. The van der Waals surface area contributed by atoms with Crippen LogP contribution in [0.3, 0.4) is 0 Å². The van der Waals surface area contributed by atoms with E-state index >= 15 is 0 Å². The van der Waals surface area contributed by atoms with Gasteiger partial charge in [0, 0.05) is 24.2 Å². The summed E-state index contributed by atoms with van der Waals surface area (Å²) < 4.78 is 1.69. The molecular formula is C20H28N4O3S. The van der Waals surface area contributed by atoms with Crippen LogP contribution in [0.25, 0.3) is 0 Å². The molecule has 1 heterocycles. The van der Waals surface area contributed by atoms with Crippen LogP contribution in [0.15, 0.2) is 30.5 Å². The summed E-state index contributed by atoms with van der Waals surface area (Å²) in [5.41, 5.74) is 0.583. The van der Waals surface area contributed by atoms with Gasteiger partial charge in [-0.05, 0) is 30.7 Å². The molecule has 0 aliphatic rings. The standard InChI is InChI=1S/C20H28N4O3S/c25-20(17-10-12-18(13-11-17)24(26)27)19-16-23(22-21-19)14-8-6-4-2-1-3-5-7-9-15-28/h10-13,16,28H,1-9,14-15H2. The van der Waals surface area contributed by atoms with E-state index in [1.54, 1.807) is 10.9 Å². The van der Waals surface area contributed by atoms with E-state index in [1.807, 2.05) is 0 Å². The number of aromatic nitrogens is 3. The van der Waals surface area contributed by atoms with Crippen LogP contribution in [0, 0.1) is 10.1 Å². The van der Waals surface area contributed by atoms with Crippen LogP contribution >= 0.6 is 12.6 Å². The van der Waals surface area contributed by atoms with Gasteiger partial charge >= 0.3 is 0 Å². The van der Waals surface area contributed by atoms with Crippen LogP contribution in [0.5, 0.6) is 0 Å². The first-order valence-electron chi connectivity index (χ1n) is 9.92. The van der Waals surface area contributed by atoms with E-state index in [4.69, 9.17) is 0 Å². The van der Waals surface area contributed by atoms with E-state index < -0.39 is 4.92 Å². The molecule has 0 unspecified atom stereocenters. The second-order valence-electron chi connectivity index (χ2n) is 6.91. The van der Waals surface area contributed by atoms with Crippen molar-refractivity contribution in [3.05, 3.63) is 51.8 Å². The van der Waals surface area contributed by atoms with E-state index in [9.17, 15) is 14.9 Å².